The molecule has 0 amide bonds. The molecule has 160 valence electrons. The van der Waals surface area contributed by atoms with E-state index in [1.165, 1.54) is 26.5 Å². The van der Waals surface area contributed by atoms with Gasteiger partial charge < -0.3 is 24.8 Å². The van der Waals surface area contributed by atoms with E-state index in [4.69, 9.17) is 19.9 Å². The summed E-state index contributed by atoms with van der Waals surface area (Å²) in [6, 6.07) is 4.19. The van der Waals surface area contributed by atoms with Gasteiger partial charge in [-0.25, -0.2) is 23.7 Å². The first-order chi connectivity index (χ1) is 14.4. The molecule has 1 aromatic carbocycles. The van der Waals surface area contributed by atoms with Crippen molar-refractivity contribution in [1.82, 2.24) is 4.98 Å². The predicted molar refractivity (Wildman–Crippen MR) is 111 cm³/mol. The lowest BCUT2D eigenvalue weighted by atomic mass is 10.1. The highest BCUT2D eigenvalue weighted by molar-refractivity contribution is 5.89. The Morgan fingerprint density at radius 3 is 2.33 bits per heavy atom. The van der Waals surface area contributed by atoms with Gasteiger partial charge >= 0.3 is 0 Å². The van der Waals surface area contributed by atoms with Crippen LogP contribution in [0.1, 0.15) is 6.92 Å². The molecule has 8 nitrogen and oxygen atoms in total. The van der Waals surface area contributed by atoms with E-state index in [0.29, 0.717) is 24.6 Å². The van der Waals surface area contributed by atoms with Crippen molar-refractivity contribution in [3.63, 3.8) is 0 Å². The van der Waals surface area contributed by atoms with Gasteiger partial charge in [-0.3, -0.25) is 0 Å². The first-order valence-electron chi connectivity index (χ1n) is 9.15. The van der Waals surface area contributed by atoms with E-state index in [1.54, 1.807) is 20.1 Å². The van der Waals surface area contributed by atoms with Crippen molar-refractivity contribution in [2.75, 3.05) is 39.3 Å². The van der Waals surface area contributed by atoms with E-state index in [1.807, 2.05) is 4.90 Å². The highest BCUT2D eigenvalue weighted by Crippen LogP contribution is 2.39. The molecule has 2 N–H and O–H groups in total. The van der Waals surface area contributed by atoms with E-state index in [-0.39, 0.29) is 34.8 Å². The molecule has 0 radical (unpaired) electrons. The van der Waals surface area contributed by atoms with Crippen LogP contribution < -0.4 is 20.1 Å². The maximum absolute atomic E-state index is 14.9. The Morgan fingerprint density at radius 1 is 1.17 bits per heavy atom. The minimum absolute atomic E-state index is 0.0312. The SMILES string of the molecule is CC=NC(N)=Nc1ccc(-c2c(F)c(OC)cc(OC)c2F)nc1N1CC(OC)C1. The summed E-state index contributed by atoms with van der Waals surface area (Å²) in [4.78, 5) is 14.6. The van der Waals surface area contributed by atoms with Gasteiger partial charge in [0.15, 0.2) is 29.0 Å². The maximum atomic E-state index is 14.9. The average Bonchev–Trinajstić information content (AvgIpc) is 2.69. The summed E-state index contributed by atoms with van der Waals surface area (Å²) in [6.07, 6.45) is 1.54. The van der Waals surface area contributed by atoms with Crippen LogP contribution in [-0.4, -0.2) is 57.7 Å². The third-order valence-electron chi connectivity index (χ3n) is 4.66. The largest absolute Gasteiger partial charge is 0.494 e. The van der Waals surface area contributed by atoms with Crippen LogP contribution in [0.5, 0.6) is 11.5 Å². The first kappa shape index (κ1) is 21.4. The third-order valence-corrected chi connectivity index (χ3v) is 4.66. The highest BCUT2D eigenvalue weighted by atomic mass is 19.1. The van der Waals surface area contributed by atoms with E-state index in [2.05, 4.69) is 15.0 Å². The highest BCUT2D eigenvalue weighted by Gasteiger charge is 2.31. The Bertz CT molecular complexity index is 963. The summed E-state index contributed by atoms with van der Waals surface area (Å²) < 4.78 is 45.2. The monoisotopic (exact) mass is 419 g/mol. The molecule has 0 aliphatic carbocycles. The van der Waals surface area contributed by atoms with Crippen LogP contribution in [0.3, 0.4) is 0 Å². The molecule has 10 heteroatoms. The molecule has 3 rings (SSSR count). The molecule has 1 aliphatic heterocycles. The molecular formula is C20H23F2N5O3. The normalized spacial score (nSPS) is 14.9. The predicted octanol–water partition coefficient (Wildman–Crippen LogP) is 2.92. The van der Waals surface area contributed by atoms with Crippen LogP contribution in [0.4, 0.5) is 20.3 Å². The van der Waals surface area contributed by atoms with Gasteiger partial charge in [0, 0.05) is 32.5 Å². The Balaban J connectivity index is 2.15. The van der Waals surface area contributed by atoms with Gasteiger partial charge in [-0.2, -0.15) is 0 Å². The van der Waals surface area contributed by atoms with Crippen molar-refractivity contribution in [1.29, 1.82) is 0 Å². The van der Waals surface area contributed by atoms with E-state index in [9.17, 15) is 8.78 Å². The fourth-order valence-corrected chi connectivity index (χ4v) is 3.06. The van der Waals surface area contributed by atoms with Crippen LogP contribution in [0.15, 0.2) is 28.2 Å². The van der Waals surface area contributed by atoms with Gasteiger partial charge in [0.25, 0.3) is 0 Å². The molecule has 1 fully saturated rings. The molecule has 1 saturated heterocycles. The Kier molecular flexibility index (Phi) is 6.46. The summed E-state index contributed by atoms with van der Waals surface area (Å²) in [5, 5.41) is 0. The van der Waals surface area contributed by atoms with Gasteiger partial charge in [0.2, 0.25) is 5.96 Å². The Hall–Kier alpha value is -3.27. The molecule has 2 heterocycles. The van der Waals surface area contributed by atoms with Gasteiger partial charge in [-0.15, -0.1) is 0 Å². The van der Waals surface area contributed by atoms with Crippen molar-refractivity contribution in [2.45, 2.75) is 13.0 Å². The third kappa shape index (κ3) is 4.04. The molecular weight excluding hydrogens is 396 g/mol. The molecule has 0 spiro atoms. The minimum Gasteiger partial charge on any atom is -0.494 e. The zero-order chi connectivity index (χ0) is 21.8. The molecule has 30 heavy (non-hydrogen) atoms. The lowest BCUT2D eigenvalue weighted by Crippen LogP contribution is -2.52. The maximum Gasteiger partial charge on any atom is 0.220 e. The van der Waals surface area contributed by atoms with Crippen molar-refractivity contribution in [3.8, 4) is 22.8 Å². The van der Waals surface area contributed by atoms with Crippen molar-refractivity contribution in [2.24, 2.45) is 15.7 Å². The number of pyridine rings is 1. The van der Waals surface area contributed by atoms with Crippen molar-refractivity contribution >= 4 is 23.7 Å². The standard InChI is InChI=1S/C20H23F2N5O3/c1-5-24-20(23)26-13-7-6-12(25-19(13)27-9-11(10-27)28-2)16-17(21)14(29-3)8-15(30-4)18(16)22/h5-8,11H,9-10H2,1-4H3,(H2,23,26). The summed E-state index contributed by atoms with van der Waals surface area (Å²) in [5.41, 5.74) is 5.93. The van der Waals surface area contributed by atoms with Crippen molar-refractivity contribution in [3.05, 3.63) is 29.8 Å². The number of rotatable bonds is 6. The average molecular weight is 419 g/mol. The van der Waals surface area contributed by atoms with Crippen molar-refractivity contribution < 1.29 is 23.0 Å². The van der Waals surface area contributed by atoms with Crippen LogP contribution in [0, 0.1) is 11.6 Å². The summed E-state index contributed by atoms with van der Waals surface area (Å²) in [7, 11) is 4.20. The number of halogens is 2. The van der Waals surface area contributed by atoms with Crippen LogP contribution in [0.25, 0.3) is 11.3 Å². The fourth-order valence-electron chi connectivity index (χ4n) is 3.06. The van der Waals surface area contributed by atoms with Gasteiger partial charge in [0.1, 0.15) is 5.69 Å². The summed E-state index contributed by atoms with van der Waals surface area (Å²) in [5.74, 6) is -1.61. The molecule has 1 aromatic heterocycles. The number of hydrogen-bond acceptors (Lipinski definition) is 6. The second-order valence-electron chi connectivity index (χ2n) is 6.44. The van der Waals surface area contributed by atoms with Crippen LogP contribution in [0.2, 0.25) is 0 Å². The number of benzene rings is 1. The zero-order valence-corrected chi connectivity index (χ0v) is 17.1. The molecule has 0 saturated carbocycles. The Morgan fingerprint density at radius 2 is 1.80 bits per heavy atom. The number of nitrogens with zero attached hydrogens (tertiary/aromatic N) is 4. The van der Waals surface area contributed by atoms with E-state index < -0.39 is 11.6 Å². The molecule has 0 atom stereocenters. The topological polar surface area (TPSA) is 94.6 Å². The van der Waals surface area contributed by atoms with Gasteiger partial charge in [0.05, 0.1) is 31.6 Å². The first-order valence-corrected chi connectivity index (χ1v) is 9.15. The van der Waals surface area contributed by atoms with E-state index in [0.717, 1.165) is 6.07 Å². The summed E-state index contributed by atoms with van der Waals surface area (Å²) in [6.45, 7) is 2.82. The van der Waals surface area contributed by atoms with Crippen LogP contribution >= 0.6 is 0 Å². The second-order valence-corrected chi connectivity index (χ2v) is 6.44. The molecule has 0 unspecified atom stereocenters. The second kappa shape index (κ2) is 9.04. The molecule has 0 bridgehead atoms. The number of guanidine groups is 1. The molecule has 2 aromatic rings. The number of ether oxygens (including phenoxy) is 3. The summed E-state index contributed by atoms with van der Waals surface area (Å²) >= 11 is 0. The quantitative estimate of drug-likeness (QED) is 0.572. The minimum atomic E-state index is -0.876. The number of nitrogens with two attached hydrogens (primary N) is 1. The van der Waals surface area contributed by atoms with Gasteiger partial charge in [-0.1, -0.05) is 0 Å². The number of methoxy groups -OCH3 is 3. The number of aromatic nitrogens is 1. The van der Waals surface area contributed by atoms with E-state index >= 15 is 0 Å². The van der Waals surface area contributed by atoms with Gasteiger partial charge in [-0.05, 0) is 19.1 Å². The zero-order valence-electron chi connectivity index (χ0n) is 17.1. The number of hydrogen-bond donors (Lipinski definition) is 1. The molecule has 1 aliphatic rings. The number of anilines is 1. The number of aliphatic imine (C=N–C) groups is 2. The Labute approximate surface area is 173 Å². The lowest BCUT2D eigenvalue weighted by Gasteiger charge is -2.39. The van der Waals surface area contributed by atoms with Crippen LogP contribution in [-0.2, 0) is 4.74 Å². The fraction of sp³-hybridized carbons (Fsp3) is 0.350. The lowest BCUT2D eigenvalue weighted by molar-refractivity contribution is 0.0784. The smallest absolute Gasteiger partial charge is 0.220 e.